The molecule has 0 spiro atoms. The molecule has 2 aromatic rings. The van der Waals surface area contributed by atoms with Crippen LogP contribution in [-0.4, -0.2) is 57.5 Å². The summed E-state index contributed by atoms with van der Waals surface area (Å²) in [6.07, 6.45) is 7.35. The summed E-state index contributed by atoms with van der Waals surface area (Å²) in [4.78, 5) is 41.8. The largest absolute Gasteiger partial charge is 0.367 e. The SMILES string of the molecule is Cn1cc(C(=O)/C=C/C(=O)N2CCN(c3ccc(=O)[nH]c3)CC2)cn1. The number of carbonyl (C=O) groups excluding carboxylic acids is 2. The molecule has 0 unspecified atom stereocenters. The number of carbonyl (C=O) groups is 2. The van der Waals surface area contributed by atoms with Crippen LogP contribution in [0.2, 0.25) is 0 Å². The van der Waals surface area contributed by atoms with Crippen LogP contribution in [0.25, 0.3) is 0 Å². The van der Waals surface area contributed by atoms with Gasteiger partial charge in [0.25, 0.3) is 0 Å². The number of aromatic amines is 1. The number of pyridine rings is 1. The lowest BCUT2D eigenvalue weighted by Crippen LogP contribution is -2.48. The quantitative estimate of drug-likeness (QED) is 0.633. The Kier molecular flexibility index (Phi) is 4.78. The summed E-state index contributed by atoms with van der Waals surface area (Å²) in [5.41, 5.74) is 1.24. The molecule has 1 amide bonds. The van der Waals surface area contributed by atoms with Crippen LogP contribution in [0.3, 0.4) is 0 Å². The molecule has 1 saturated heterocycles. The van der Waals surface area contributed by atoms with E-state index >= 15 is 0 Å². The van der Waals surface area contributed by atoms with Crippen molar-refractivity contribution in [1.82, 2.24) is 19.7 Å². The highest BCUT2D eigenvalue weighted by Gasteiger charge is 2.20. The van der Waals surface area contributed by atoms with Crippen molar-refractivity contribution < 1.29 is 9.59 Å². The number of allylic oxidation sites excluding steroid dienone is 1. The number of hydrogen-bond donors (Lipinski definition) is 1. The number of rotatable bonds is 4. The molecule has 1 aliphatic heterocycles. The highest BCUT2D eigenvalue weighted by Crippen LogP contribution is 2.13. The van der Waals surface area contributed by atoms with Crippen molar-refractivity contribution in [2.45, 2.75) is 0 Å². The second-order valence-electron chi connectivity index (χ2n) is 5.82. The lowest BCUT2D eigenvalue weighted by atomic mass is 10.2. The van der Waals surface area contributed by atoms with Gasteiger partial charge in [-0.2, -0.15) is 5.10 Å². The van der Waals surface area contributed by atoms with Crippen molar-refractivity contribution >= 4 is 17.4 Å². The maximum Gasteiger partial charge on any atom is 0.248 e. The monoisotopic (exact) mass is 341 g/mol. The van der Waals surface area contributed by atoms with Gasteiger partial charge in [-0.1, -0.05) is 0 Å². The smallest absolute Gasteiger partial charge is 0.248 e. The lowest BCUT2D eigenvalue weighted by Gasteiger charge is -2.35. The molecule has 3 heterocycles. The second kappa shape index (κ2) is 7.16. The molecule has 130 valence electrons. The Morgan fingerprint density at radius 3 is 2.52 bits per heavy atom. The van der Waals surface area contributed by atoms with Crippen molar-refractivity contribution in [3.63, 3.8) is 0 Å². The summed E-state index contributed by atoms with van der Waals surface area (Å²) >= 11 is 0. The van der Waals surface area contributed by atoms with Crippen LogP contribution < -0.4 is 10.5 Å². The number of nitrogens with one attached hydrogen (secondary N) is 1. The Bertz CT molecular complexity index is 839. The molecule has 0 aliphatic carbocycles. The Morgan fingerprint density at radius 2 is 1.92 bits per heavy atom. The number of ketones is 1. The van der Waals surface area contributed by atoms with Gasteiger partial charge in [0.15, 0.2) is 5.78 Å². The number of aromatic nitrogens is 3. The molecule has 0 radical (unpaired) electrons. The van der Waals surface area contributed by atoms with E-state index in [2.05, 4.69) is 15.0 Å². The van der Waals surface area contributed by atoms with Crippen LogP contribution in [0.4, 0.5) is 5.69 Å². The summed E-state index contributed by atoms with van der Waals surface area (Å²) in [5, 5.41) is 3.94. The van der Waals surface area contributed by atoms with E-state index in [0.717, 1.165) is 5.69 Å². The number of hydrogen-bond acceptors (Lipinski definition) is 5. The molecule has 0 atom stereocenters. The molecule has 8 heteroatoms. The van der Waals surface area contributed by atoms with Crippen LogP contribution in [0.1, 0.15) is 10.4 Å². The first-order valence-corrected chi connectivity index (χ1v) is 7.96. The first-order valence-electron chi connectivity index (χ1n) is 7.96. The molecule has 0 saturated carbocycles. The van der Waals surface area contributed by atoms with E-state index in [1.54, 1.807) is 35.1 Å². The van der Waals surface area contributed by atoms with Gasteiger partial charge < -0.3 is 14.8 Å². The molecule has 25 heavy (non-hydrogen) atoms. The maximum absolute atomic E-state index is 12.2. The fraction of sp³-hybridized carbons (Fsp3) is 0.294. The van der Waals surface area contributed by atoms with Gasteiger partial charge in [-0.25, -0.2) is 0 Å². The molecule has 0 aromatic carbocycles. The predicted octanol–water partition coefficient (Wildman–Crippen LogP) is 0.196. The Labute approximate surface area is 144 Å². The summed E-state index contributed by atoms with van der Waals surface area (Å²) in [6.45, 7) is 2.46. The summed E-state index contributed by atoms with van der Waals surface area (Å²) in [6, 6.07) is 3.25. The number of aryl methyl sites for hydroxylation is 1. The van der Waals surface area contributed by atoms with Crippen LogP contribution in [-0.2, 0) is 11.8 Å². The van der Waals surface area contributed by atoms with Gasteiger partial charge in [0.05, 0.1) is 17.4 Å². The van der Waals surface area contributed by atoms with E-state index < -0.39 is 0 Å². The molecule has 3 rings (SSSR count). The average molecular weight is 341 g/mol. The minimum Gasteiger partial charge on any atom is -0.367 e. The Balaban J connectivity index is 1.54. The number of nitrogens with zero attached hydrogens (tertiary/aromatic N) is 4. The van der Waals surface area contributed by atoms with Gasteiger partial charge in [-0.15, -0.1) is 0 Å². The van der Waals surface area contributed by atoms with Crippen molar-refractivity contribution in [3.05, 3.63) is 58.8 Å². The standard InChI is InChI=1S/C17H19N5O3/c1-20-12-13(10-19-20)15(23)3-5-17(25)22-8-6-21(7-9-22)14-2-4-16(24)18-11-14/h2-5,10-12H,6-9H2,1H3,(H,18,24)/b5-3+. The van der Waals surface area contributed by atoms with Gasteiger partial charge in [-0.05, 0) is 12.1 Å². The summed E-state index contributed by atoms with van der Waals surface area (Å²) in [7, 11) is 1.73. The molecule has 1 aliphatic rings. The third-order valence-electron chi connectivity index (χ3n) is 4.09. The highest BCUT2D eigenvalue weighted by atomic mass is 16.2. The van der Waals surface area contributed by atoms with Crippen molar-refractivity contribution in [2.24, 2.45) is 7.05 Å². The van der Waals surface area contributed by atoms with Crippen LogP contribution in [0.15, 0.2) is 47.7 Å². The summed E-state index contributed by atoms with van der Waals surface area (Å²) < 4.78 is 1.54. The number of piperazine rings is 1. The zero-order valence-electron chi connectivity index (χ0n) is 13.9. The minimum atomic E-state index is -0.242. The molecular formula is C17H19N5O3. The predicted molar refractivity (Wildman–Crippen MR) is 92.5 cm³/mol. The Hall–Kier alpha value is -3.16. The fourth-order valence-electron chi connectivity index (χ4n) is 2.68. The van der Waals surface area contributed by atoms with Gasteiger partial charge in [-0.3, -0.25) is 19.1 Å². The summed E-state index contributed by atoms with van der Waals surface area (Å²) in [5.74, 6) is -0.424. The number of anilines is 1. The highest BCUT2D eigenvalue weighted by molar-refractivity contribution is 6.07. The molecular weight excluding hydrogens is 322 g/mol. The third kappa shape index (κ3) is 4.03. The van der Waals surface area contributed by atoms with Gasteiger partial charge >= 0.3 is 0 Å². The third-order valence-corrected chi connectivity index (χ3v) is 4.09. The van der Waals surface area contributed by atoms with E-state index in [0.29, 0.717) is 31.7 Å². The minimum absolute atomic E-state index is 0.138. The number of amides is 1. The maximum atomic E-state index is 12.2. The molecule has 1 fully saturated rings. The number of H-pyrrole nitrogens is 1. The molecule has 8 nitrogen and oxygen atoms in total. The second-order valence-corrected chi connectivity index (χ2v) is 5.82. The van der Waals surface area contributed by atoms with E-state index in [4.69, 9.17) is 0 Å². The average Bonchev–Trinajstić information content (AvgIpc) is 3.07. The van der Waals surface area contributed by atoms with Crippen LogP contribution in [0.5, 0.6) is 0 Å². The topological polar surface area (TPSA) is 91.3 Å². The zero-order valence-corrected chi connectivity index (χ0v) is 13.9. The van der Waals surface area contributed by atoms with Crippen molar-refractivity contribution in [1.29, 1.82) is 0 Å². The normalized spacial score (nSPS) is 14.9. The van der Waals surface area contributed by atoms with E-state index in [-0.39, 0.29) is 17.2 Å². The van der Waals surface area contributed by atoms with Crippen molar-refractivity contribution in [2.75, 3.05) is 31.1 Å². The van der Waals surface area contributed by atoms with Gasteiger partial charge in [0, 0.05) is 57.8 Å². The Morgan fingerprint density at radius 1 is 1.16 bits per heavy atom. The van der Waals surface area contributed by atoms with E-state index in [1.165, 1.54) is 24.4 Å². The molecule has 2 aromatic heterocycles. The van der Waals surface area contributed by atoms with Gasteiger partial charge in [0.2, 0.25) is 11.5 Å². The van der Waals surface area contributed by atoms with Crippen LogP contribution >= 0.6 is 0 Å². The first kappa shape index (κ1) is 16.7. The molecule has 0 bridgehead atoms. The molecule has 1 N–H and O–H groups in total. The lowest BCUT2D eigenvalue weighted by molar-refractivity contribution is -0.126. The van der Waals surface area contributed by atoms with E-state index in [1.807, 2.05) is 0 Å². The van der Waals surface area contributed by atoms with Gasteiger partial charge in [0.1, 0.15) is 0 Å². The van der Waals surface area contributed by atoms with E-state index in [9.17, 15) is 14.4 Å². The fourth-order valence-corrected chi connectivity index (χ4v) is 2.68. The first-order chi connectivity index (χ1) is 12.0. The van der Waals surface area contributed by atoms with Crippen molar-refractivity contribution in [3.8, 4) is 0 Å². The van der Waals surface area contributed by atoms with Crippen LogP contribution in [0, 0.1) is 0 Å². The zero-order chi connectivity index (χ0) is 17.8.